The van der Waals surface area contributed by atoms with Gasteiger partial charge in [-0.1, -0.05) is 45.1 Å². The zero-order valence-electron chi connectivity index (χ0n) is 9.13. The summed E-state index contributed by atoms with van der Waals surface area (Å²) >= 11 is 0. The average Bonchev–Trinajstić information content (AvgIpc) is 2.17. The fraction of sp³-hybridized carbons (Fsp3) is 0.667. The highest BCUT2D eigenvalue weighted by Crippen LogP contribution is 2.04. The molecule has 0 heterocycles. The van der Waals surface area contributed by atoms with E-state index in [1.165, 1.54) is 25.3 Å². The number of carbonyl (C=O) groups is 1. The number of hydrogen-bond donors (Lipinski definition) is 0. The third kappa shape index (κ3) is 9.30. The lowest BCUT2D eigenvalue weighted by atomic mass is 10.1. The SMILES string of the molecule is [CH2]CCCCCCCOC(=O)/C=C/C. The van der Waals surface area contributed by atoms with Crippen LogP contribution in [0.1, 0.15) is 45.4 Å². The van der Waals surface area contributed by atoms with Crippen molar-refractivity contribution in [2.24, 2.45) is 0 Å². The lowest BCUT2D eigenvalue weighted by Crippen LogP contribution is -2.01. The topological polar surface area (TPSA) is 26.3 Å². The molecule has 0 saturated heterocycles. The van der Waals surface area contributed by atoms with Gasteiger partial charge in [-0.15, -0.1) is 0 Å². The Morgan fingerprint density at radius 1 is 1.21 bits per heavy atom. The van der Waals surface area contributed by atoms with Crippen molar-refractivity contribution in [3.63, 3.8) is 0 Å². The van der Waals surface area contributed by atoms with Crippen molar-refractivity contribution >= 4 is 5.97 Å². The van der Waals surface area contributed by atoms with Gasteiger partial charge < -0.3 is 4.74 Å². The van der Waals surface area contributed by atoms with Gasteiger partial charge in [-0.3, -0.25) is 0 Å². The highest BCUT2D eigenvalue weighted by Gasteiger charge is 1.95. The van der Waals surface area contributed by atoms with Crippen LogP contribution in [0.25, 0.3) is 0 Å². The standard InChI is InChI=1S/C12H21O2/c1-3-5-6-7-8-9-11-14-12(13)10-4-2/h4,10H,1,3,5-9,11H2,2H3/b10-4+. The summed E-state index contributed by atoms with van der Waals surface area (Å²) in [5, 5.41) is 0. The molecule has 0 aromatic carbocycles. The second-order valence-electron chi connectivity index (χ2n) is 3.29. The molecule has 0 aliphatic carbocycles. The van der Waals surface area contributed by atoms with E-state index in [9.17, 15) is 4.79 Å². The number of carbonyl (C=O) groups excluding carboxylic acids is 1. The van der Waals surface area contributed by atoms with Crippen molar-refractivity contribution in [2.75, 3.05) is 6.61 Å². The summed E-state index contributed by atoms with van der Waals surface area (Å²) < 4.78 is 4.95. The molecule has 0 fully saturated rings. The number of allylic oxidation sites excluding steroid dienone is 1. The minimum Gasteiger partial charge on any atom is -0.463 e. The van der Waals surface area contributed by atoms with E-state index < -0.39 is 0 Å². The van der Waals surface area contributed by atoms with Gasteiger partial charge in [0.2, 0.25) is 0 Å². The fourth-order valence-corrected chi connectivity index (χ4v) is 1.17. The molecule has 0 N–H and O–H groups in total. The maximum Gasteiger partial charge on any atom is 0.330 e. The number of esters is 1. The molecule has 0 unspecified atom stereocenters. The molecule has 0 spiro atoms. The zero-order valence-corrected chi connectivity index (χ0v) is 9.13. The number of rotatable bonds is 8. The fourth-order valence-electron chi connectivity index (χ4n) is 1.17. The summed E-state index contributed by atoms with van der Waals surface area (Å²) in [6.07, 6.45) is 9.94. The van der Waals surface area contributed by atoms with Crippen LogP contribution in [0.2, 0.25) is 0 Å². The molecule has 0 aliphatic rings. The largest absolute Gasteiger partial charge is 0.463 e. The molecule has 14 heavy (non-hydrogen) atoms. The van der Waals surface area contributed by atoms with E-state index in [0.717, 1.165) is 19.3 Å². The van der Waals surface area contributed by atoms with Gasteiger partial charge in [0.05, 0.1) is 6.61 Å². The van der Waals surface area contributed by atoms with Crippen molar-refractivity contribution in [1.82, 2.24) is 0 Å². The molecule has 1 radical (unpaired) electrons. The minimum absolute atomic E-state index is 0.231. The maximum atomic E-state index is 10.9. The quantitative estimate of drug-likeness (QED) is 0.339. The summed E-state index contributed by atoms with van der Waals surface area (Å²) in [6.45, 7) is 6.14. The van der Waals surface area contributed by atoms with Crippen LogP contribution in [-0.2, 0) is 9.53 Å². The van der Waals surface area contributed by atoms with Gasteiger partial charge in [0.15, 0.2) is 0 Å². The highest BCUT2D eigenvalue weighted by molar-refractivity contribution is 5.81. The molecule has 0 saturated carbocycles. The Morgan fingerprint density at radius 2 is 1.86 bits per heavy atom. The monoisotopic (exact) mass is 197 g/mol. The maximum absolute atomic E-state index is 10.9. The molecule has 0 aliphatic heterocycles. The van der Waals surface area contributed by atoms with Crippen LogP contribution in [0.5, 0.6) is 0 Å². The molecule has 0 bridgehead atoms. The Labute approximate surface area is 87.3 Å². The molecule has 0 rings (SSSR count). The smallest absolute Gasteiger partial charge is 0.330 e. The summed E-state index contributed by atoms with van der Waals surface area (Å²) in [6, 6.07) is 0. The second-order valence-corrected chi connectivity index (χ2v) is 3.29. The normalized spacial score (nSPS) is 10.7. The van der Waals surface area contributed by atoms with Gasteiger partial charge in [-0.25, -0.2) is 4.79 Å². The molecule has 0 aromatic heterocycles. The predicted octanol–water partition coefficient (Wildman–Crippen LogP) is 3.28. The molecular formula is C12H21O2. The summed E-state index contributed by atoms with van der Waals surface area (Å²) in [7, 11) is 0. The molecular weight excluding hydrogens is 176 g/mol. The van der Waals surface area contributed by atoms with Crippen molar-refractivity contribution in [1.29, 1.82) is 0 Å². The Hall–Kier alpha value is -0.790. The lowest BCUT2D eigenvalue weighted by molar-refractivity contribution is -0.137. The third-order valence-corrected chi connectivity index (χ3v) is 1.94. The van der Waals surface area contributed by atoms with E-state index in [-0.39, 0.29) is 5.97 Å². The van der Waals surface area contributed by atoms with E-state index in [1.807, 2.05) is 0 Å². The first-order valence-electron chi connectivity index (χ1n) is 5.40. The first kappa shape index (κ1) is 13.2. The van der Waals surface area contributed by atoms with Crippen molar-refractivity contribution in [3.05, 3.63) is 19.1 Å². The van der Waals surface area contributed by atoms with Crippen LogP contribution in [0.15, 0.2) is 12.2 Å². The van der Waals surface area contributed by atoms with Gasteiger partial charge in [0, 0.05) is 6.08 Å². The summed E-state index contributed by atoms with van der Waals surface area (Å²) in [5.74, 6) is -0.231. The van der Waals surface area contributed by atoms with Crippen LogP contribution >= 0.6 is 0 Å². The Morgan fingerprint density at radius 3 is 2.50 bits per heavy atom. The summed E-state index contributed by atoms with van der Waals surface area (Å²) in [5.41, 5.74) is 0. The minimum atomic E-state index is -0.231. The van der Waals surface area contributed by atoms with Crippen LogP contribution in [0.3, 0.4) is 0 Å². The van der Waals surface area contributed by atoms with E-state index in [2.05, 4.69) is 6.92 Å². The Balaban J connectivity index is 3.09. The predicted molar refractivity (Wildman–Crippen MR) is 58.8 cm³/mol. The molecule has 2 nitrogen and oxygen atoms in total. The first-order chi connectivity index (χ1) is 6.81. The van der Waals surface area contributed by atoms with E-state index in [4.69, 9.17) is 4.74 Å². The van der Waals surface area contributed by atoms with Crippen LogP contribution < -0.4 is 0 Å². The molecule has 81 valence electrons. The number of hydrogen-bond acceptors (Lipinski definition) is 2. The van der Waals surface area contributed by atoms with Crippen LogP contribution in [-0.4, -0.2) is 12.6 Å². The van der Waals surface area contributed by atoms with Gasteiger partial charge in [0.1, 0.15) is 0 Å². The lowest BCUT2D eigenvalue weighted by Gasteiger charge is -2.01. The Kier molecular flexibility index (Phi) is 9.71. The third-order valence-electron chi connectivity index (χ3n) is 1.94. The molecule has 2 heteroatoms. The second kappa shape index (κ2) is 10.3. The van der Waals surface area contributed by atoms with Gasteiger partial charge in [-0.05, 0) is 13.3 Å². The van der Waals surface area contributed by atoms with Crippen molar-refractivity contribution < 1.29 is 9.53 Å². The molecule has 0 atom stereocenters. The van der Waals surface area contributed by atoms with Crippen LogP contribution in [0.4, 0.5) is 0 Å². The number of unbranched alkanes of at least 4 members (excludes halogenated alkanes) is 5. The van der Waals surface area contributed by atoms with Gasteiger partial charge >= 0.3 is 5.97 Å². The molecule has 0 aromatic rings. The highest BCUT2D eigenvalue weighted by atomic mass is 16.5. The Bertz CT molecular complexity index is 162. The molecule has 0 amide bonds. The van der Waals surface area contributed by atoms with E-state index in [1.54, 1.807) is 13.0 Å². The van der Waals surface area contributed by atoms with Gasteiger partial charge in [-0.2, -0.15) is 0 Å². The zero-order chi connectivity index (χ0) is 10.6. The van der Waals surface area contributed by atoms with E-state index >= 15 is 0 Å². The number of ether oxygens (including phenoxy) is 1. The van der Waals surface area contributed by atoms with Crippen LogP contribution in [0, 0.1) is 6.92 Å². The summed E-state index contributed by atoms with van der Waals surface area (Å²) in [4.78, 5) is 10.9. The van der Waals surface area contributed by atoms with Crippen molar-refractivity contribution in [2.45, 2.75) is 45.4 Å². The average molecular weight is 197 g/mol. The van der Waals surface area contributed by atoms with Gasteiger partial charge in [0.25, 0.3) is 0 Å². The first-order valence-corrected chi connectivity index (χ1v) is 5.40. The van der Waals surface area contributed by atoms with E-state index in [0.29, 0.717) is 6.61 Å². The van der Waals surface area contributed by atoms with Crippen molar-refractivity contribution in [3.8, 4) is 0 Å².